The van der Waals surface area contributed by atoms with E-state index in [4.69, 9.17) is 5.73 Å². The van der Waals surface area contributed by atoms with Gasteiger partial charge in [0.15, 0.2) is 0 Å². The molecule has 1 saturated heterocycles. The predicted molar refractivity (Wildman–Crippen MR) is 71.5 cm³/mol. The standard InChI is InChI=1S/C14H30N2/c1-13(2,3)12-7-10-16(11-12)9-6-8-14(4,5)15/h12H,6-11,15H2,1-5H3. The summed E-state index contributed by atoms with van der Waals surface area (Å²) in [6.45, 7) is 15.1. The number of likely N-dealkylation sites (tertiary alicyclic amines) is 1. The highest BCUT2D eigenvalue weighted by Crippen LogP contribution is 2.33. The fraction of sp³-hybridized carbons (Fsp3) is 1.00. The molecule has 1 heterocycles. The smallest absolute Gasteiger partial charge is 0.00975 e. The predicted octanol–water partition coefficient (Wildman–Crippen LogP) is 2.87. The molecule has 0 saturated carbocycles. The van der Waals surface area contributed by atoms with Crippen LogP contribution in [0.4, 0.5) is 0 Å². The molecule has 2 heteroatoms. The second kappa shape index (κ2) is 5.05. The van der Waals surface area contributed by atoms with Crippen LogP contribution in [-0.2, 0) is 0 Å². The van der Waals surface area contributed by atoms with Crippen molar-refractivity contribution in [3.63, 3.8) is 0 Å². The second-order valence-electron chi connectivity index (χ2n) is 7.24. The Labute approximate surface area is 102 Å². The van der Waals surface area contributed by atoms with Gasteiger partial charge in [-0.1, -0.05) is 20.8 Å². The van der Waals surface area contributed by atoms with Crippen molar-refractivity contribution in [1.29, 1.82) is 0 Å². The lowest BCUT2D eigenvalue weighted by Gasteiger charge is -2.27. The molecule has 0 amide bonds. The number of nitrogens with zero attached hydrogens (tertiary/aromatic N) is 1. The van der Waals surface area contributed by atoms with Crippen molar-refractivity contribution in [2.45, 2.75) is 59.4 Å². The average Bonchev–Trinajstić information content (AvgIpc) is 2.49. The van der Waals surface area contributed by atoms with Gasteiger partial charge >= 0.3 is 0 Å². The largest absolute Gasteiger partial charge is 0.326 e. The highest BCUT2D eigenvalue weighted by Gasteiger charge is 2.31. The molecule has 1 unspecified atom stereocenters. The summed E-state index contributed by atoms with van der Waals surface area (Å²) in [5.41, 5.74) is 6.48. The van der Waals surface area contributed by atoms with E-state index in [0.717, 1.165) is 12.3 Å². The van der Waals surface area contributed by atoms with Gasteiger partial charge in [0.1, 0.15) is 0 Å². The third-order valence-electron chi connectivity index (χ3n) is 3.79. The Bertz CT molecular complexity index is 210. The minimum absolute atomic E-state index is 0.00313. The van der Waals surface area contributed by atoms with Gasteiger partial charge in [-0.15, -0.1) is 0 Å². The van der Waals surface area contributed by atoms with Gasteiger partial charge < -0.3 is 10.6 Å². The van der Waals surface area contributed by atoms with Gasteiger partial charge in [0.25, 0.3) is 0 Å². The third-order valence-corrected chi connectivity index (χ3v) is 3.79. The van der Waals surface area contributed by atoms with Crippen LogP contribution in [0.25, 0.3) is 0 Å². The normalized spacial score (nSPS) is 24.0. The van der Waals surface area contributed by atoms with Gasteiger partial charge in [-0.3, -0.25) is 0 Å². The van der Waals surface area contributed by atoms with E-state index in [1.807, 2.05) is 0 Å². The fourth-order valence-electron chi connectivity index (χ4n) is 2.50. The molecule has 0 aromatic heterocycles. The molecule has 0 bridgehead atoms. The monoisotopic (exact) mass is 226 g/mol. The zero-order valence-electron chi connectivity index (χ0n) is 11.8. The maximum absolute atomic E-state index is 6.00. The maximum atomic E-state index is 6.00. The van der Waals surface area contributed by atoms with Crippen LogP contribution in [0.15, 0.2) is 0 Å². The van der Waals surface area contributed by atoms with Crippen LogP contribution >= 0.6 is 0 Å². The molecular formula is C14H30N2. The van der Waals surface area contributed by atoms with E-state index in [9.17, 15) is 0 Å². The lowest BCUT2D eigenvalue weighted by atomic mass is 9.80. The highest BCUT2D eigenvalue weighted by atomic mass is 15.1. The minimum Gasteiger partial charge on any atom is -0.326 e. The van der Waals surface area contributed by atoms with Crippen LogP contribution in [0.3, 0.4) is 0 Å². The van der Waals surface area contributed by atoms with Crippen LogP contribution in [0.2, 0.25) is 0 Å². The number of nitrogens with two attached hydrogens (primary N) is 1. The van der Waals surface area contributed by atoms with Crippen molar-refractivity contribution in [3.05, 3.63) is 0 Å². The van der Waals surface area contributed by atoms with Gasteiger partial charge in [0.2, 0.25) is 0 Å². The molecule has 1 fully saturated rings. The van der Waals surface area contributed by atoms with Crippen LogP contribution in [-0.4, -0.2) is 30.1 Å². The van der Waals surface area contributed by atoms with Gasteiger partial charge in [0.05, 0.1) is 0 Å². The van der Waals surface area contributed by atoms with E-state index >= 15 is 0 Å². The fourth-order valence-corrected chi connectivity index (χ4v) is 2.50. The molecular weight excluding hydrogens is 196 g/mol. The summed E-state index contributed by atoms with van der Waals surface area (Å²) < 4.78 is 0. The Morgan fingerprint density at radius 3 is 2.25 bits per heavy atom. The van der Waals surface area contributed by atoms with Crippen molar-refractivity contribution in [3.8, 4) is 0 Å². The van der Waals surface area contributed by atoms with E-state index in [1.54, 1.807) is 0 Å². The molecule has 0 aromatic rings. The molecule has 1 rings (SSSR count). The zero-order chi connectivity index (χ0) is 12.4. The summed E-state index contributed by atoms with van der Waals surface area (Å²) in [7, 11) is 0. The van der Waals surface area contributed by atoms with E-state index in [1.165, 1.54) is 32.5 Å². The van der Waals surface area contributed by atoms with Gasteiger partial charge in [0, 0.05) is 12.1 Å². The molecule has 96 valence electrons. The van der Waals surface area contributed by atoms with Crippen molar-refractivity contribution in [1.82, 2.24) is 4.90 Å². The molecule has 0 radical (unpaired) electrons. The molecule has 16 heavy (non-hydrogen) atoms. The lowest BCUT2D eigenvalue weighted by Crippen LogP contribution is -2.33. The quantitative estimate of drug-likeness (QED) is 0.798. The summed E-state index contributed by atoms with van der Waals surface area (Å²) in [6, 6.07) is 0. The van der Waals surface area contributed by atoms with Crippen molar-refractivity contribution < 1.29 is 0 Å². The molecule has 0 spiro atoms. The SMILES string of the molecule is CC(C)(N)CCCN1CCC(C(C)(C)C)C1. The maximum Gasteiger partial charge on any atom is 0.00975 e. The number of hydrogen-bond acceptors (Lipinski definition) is 2. The lowest BCUT2D eigenvalue weighted by molar-refractivity contribution is 0.225. The first-order valence-corrected chi connectivity index (χ1v) is 6.70. The van der Waals surface area contributed by atoms with Crippen LogP contribution in [0, 0.1) is 11.3 Å². The molecule has 1 atom stereocenters. The Balaban J connectivity index is 2.22. The van der Waals surface area contributed by atoms with Crippen LogP contribution in [0.1, 0.15) is 53.9 Å². The highest BCUT2D eigenvalue weighted by molar-refractivity contribution is 4.84. The summed E-state index contributed by atoms with van der Waals surface area (Å²) in [4.78, 5) is 2.61. The van der Waals surface area contributed by atoms with Crippen molar-refractivity contribution >= 4 is 0 Å². The first-order chi connectivity index (χ1) is 7.18. The number of hydrogen-bond donors (Lipinski definition) is 1. The molecule has 1 aliphatic heterocycles. The molecule has 2 nitrogen and oxygen atoms in total. The summed E-state index contributed by atoms with van der Waals surface area (Å²) >= 11 is 0. The third kappa shape index (κ3) is 4.84. The Hall–Kier alpha value is -0.0800. The van der Waals surface area contributed by atoms with E-state index in [-0.39, 0.29) is 5.54 Å². The van der Waals surface area contributed by atoms with Crippen LogP contribution in [0.5, 0.6) is 0 Å². The molecule has 0 aromatic carbocycles. The van der Waals surface area contributed by atoms with Crippen molar-refractivity contribution in [2.75, 3.05) is 19.6 Å². The summed E-state index contributed by atoms with van der Waals surface area (Å²) in [5.74, 6) is 0.874. The summed E-state index contributed by atoms with van der Waals surface area (Å²) in [6.07, 6.45) is 3.74. The minimum atomic E-state index is 0.00313. The zero-order valence-corrected chi connectivity index (χ0v) is 11.8. The first-order valence-electron chi connectivity index (χ1n) is 6.70. The van der Waals surface area contributed by atoms with Crippen molar-refractivity contribution in [2.24, 2.45) is 17.1 Å². The van der Waals surface area contributed by atoms with Crippen LogP contribution < -0.4 is 5.73 Å². The van der Waals surface area contributed by atoms with E-state index < -0.39 is 0 Å². The van der Waals surface area contributed by atoms with Gasteiger partial charge in [-0.05, 0) is 57.5 Å². The van der Waals surface area contributed by atoms with Gasteiger partial charge in [-0.25, -0.2) is 0 Å². The average molecular weight is 226 g/mol. The van der Waals surface area contributed by atoms with E-state index in [0.29, 0.717) is 5.41 Å². The summed E-state index contributed by atoms with van der Waals surface area (Å²) in [5, 5.41) is 0. The molecule has 0 aliphatic carbocycles. The Kier molecular flexibility index (Phi) is 4.42. The van der Waals surface area contributed by atoms with Gasteiger partial charge in [-0.2, -0.15) is 0 Å². The molecule has 1 aliphatic rings. The molecule has 2 N–H and O–H groups in total. The first kappa shape index (κ1) is 14.0. The Morgan fingerprint density at radius 2 is 1.81 bits per heavy atom. The Morgan fingerprint density at radius 1 is 1.19 bits per heavy atom. The van der Waals surface area contributed by atoms with E-state index in [2.05, 4.69) is 39.5 Å². The number of rotatable bonds is 4. The topological polar surface area (TPSA) is 29.3 Å². The second-order valence-corrected chi connectivity index (χ2v) is 7.24.